The van der Waals surface area contributed by atoms with Crippen LogP contribution in [0.5, 0.6) is 0 Å². The molecule has 6 heteroatoms. The number of nitrogens with zero attached hydrogens (tertiary/aromatic N) is 2. The van der Waals surface area contributed by atoms with Crippen LogP contribution in [0.15, 0.2) is 6.07 Å². The van der Waals surface area contributed by atoms with Crippen molar-refractivity contribution < 1.29 is 5.11 Å². The van der Waals surface area contributed by atoms with Crippen LogP contribution in [0.4, 0.5) is 5.82 Å². The summed E-state index contributed by atoms with van der Waals surface area (Å²) in [6, 6.07) is 2.10. The lowest BCUT2D eigenvalue weighted by Gasteiger charge is -2.20. The van der Waals surface area contributed by atoms with E-state index < -0.39 is 0 Å². The van der Waals surface area contributed by atoms with E-state index in [4.69, 9.17) is 11.6 Å². The van der Waals surface area contributed by atoms with E-state index in [-0.39, 0.29) is 11.4 Å². The van der Waals surface area contributed by atoms with Crippen molar-refractivity contribution in [1.82, 2.24) is 9.97 Å². The Morgan fingerprint density at radius 2 is 2.00 bits per heavy atom. The zero-order valence-electron chi connectivity index (χ0n) is 12.7. The first kappa shape index (κ1) is 16.5. The normalized spacial score (nSPS) is 13.0. The molecule has 0 radical (unpaired) electrons. The summed E-state index contributed by atoms with van der Waals surface area (Å²) in [5.41, 5.74) is 0. The SMILES string of the molecule is CCc1cc2c(NCC(O)C(CC)CC)nc(Cl)nc2s1. The Hall–Kier alpha value is -0.910. The van der Waals surface area contributed by atoms with Gasteiger partial charge in [-0.2, -0.15) is 0 Å². The van der Waals surface area contributed by atoms with Crippen LogP contribution in [0.25, 0.3) is 10.2 Å². The van der Waals surface area contributed by atoms with Crippen LogP contribution in [0.2, 0.25) is 5.28 Å². The number of nitrogens with one attached hydrogen (secondary N) is 1. The van der Waals surface area contributed by atoms with Crippen molar-refractivity contribution >= 4 is 39.0 Å². The Kier molecular flexibility index (Phi) is 5.79. The number of halogens is 1. The molecular formula is C15H22ClN3OS. The van der Waals surface area contributed by atoms with E-state index in [1.165, 1.54) is 4.88 Å². The van der Waals surface area contributed by atoms with Gasteiger partial charge in [-0.25, -0.2) is 9.97 Å². The fourth-order valence-corrected chi connectivity index (χ4v) is 3.64. The van der Waals surface area contributed by atoms with Crippen molar-refractivity contribution in [2.75, 3.05) is 11.9 Å². The number of aromatic nitrogens is 2. The van der Waals surface area contributed by atoms with E-state index >= 15 is 0 Å². The smallest absolute Gasteiger partial charge is 0.225 e. The molecule has 21 heavy (non-hydrogen) atoms. The Labute approximate surface area is 134 Å². The first-order valence-corrected chi connectivity index (χ1v) is 8.66. The number of aliphatic hydroxyl groups is 1. The molecule has 2 N–H and O–H groups in total. The largest absolute Gasteiger partial charge is 0.391 e. The average Bonchev–Trinajstić information content (AvgIpc) is 2.88. The van der Waals surface area contributed by atoms with Crippen LogP contribution in [0, 0.1) is 5.92 Å². The van der Waals surface area contributed by atoms with E-state index in [1.807, 2.05) is 0 Å². The second-order valence-electron chi connectivity index (χ2n) is 5.15. The number of rotatable bonds is 7. The molecule has 2 rings (SSSR count). The van der Waals surface area contributed by atoms with Gasteiger partial charge in [0.2, 0.25) is 5.28 Å². The first-order valence-electron chi connectivity index (χ1n) is 7.46. The number of aryl methyl sites for hydroxylation is 1. The third-order valence-electron chi connectivity index (χ3n) is 3.84. The van der Waals surface area contributed by atoms with Crippen LogP contribution in [-0.4, -0.2) is 27.7 Å². The standard InChI is InChI=1S/C15H22ClN3OS/c1-4-9(5-2)12(20)8-17-13-11-7-10(6-3)21-14(11)19-15(16)18-13/h7,9,12,20H,4-6,8H2,1-3H3,(H,17,18,19). The highest BCUT2D eigenvalue weighted by Crippen LogP contribution is 2.30. The molecule has 1 atom stereocenters. The summed E-state index contributed by atoms with van der Waals surface area (Å²) in [6.07, 6.45) is 2.53. The van der Waals surface area contributed by atoms with Crippen molar-refractivity contribution in [3.05, 3.63) is 16.2 Å². The Bertz CT molecular complexity index is 598. The summed E-state index contributed by atoms with van der Waals surface area (Å²) in [7, 11) is 0. The minimum absolute atomic E-state index is 0.242. The maximum absolute atomic E-state index is 10.2. The number of aliphatic hydroxyl groups excluding tert-OH is 1. The molecule has 0 fully saturated rings. The topological polar surface area (TPSA) is 58.0 Å². The number of hydrogen-bond acceptors (Lipinski definition) is 5. The molecular weight excluding hydrogens is 306 g/mol. The van der Waals surface area contributed by atoms with Crippen molar-refractivity contribution in [3.63, 3.8) is 0 Å². The van der Waals surface area contributed by atoms with Gasteiger partial charge in [-0.05, 0) is 30.0 Å². The van der Waals surface area contributed by atoms with Gasteiger partial charge in [0.1, 0.15) is 10.6 Å². The predicted octanol–water partition coefficient (Wildman–Crippen LogP) is 4.12. The summed E-state index contributed by atoms with van der Waals surface area (Å²) >= 11 is 7.63. The van der Waals surface area contributed by atoms with Crippen LogP contribution in [0.1, 0.15) is 38.5 Å². The average molecular weight is 328 g/mol. The molecule has 0 spiro atoms. The monoisotopic (exact) mass is 327 g/mol. The molecule has 0 aliphatic heterocycles. The van der Waals surface area contributed by atoms with Gasteiger partial charge < -0.3 is 10.4 Å². The van der Waals surface area contributed by atoms with Gasteiger partial charge in [0.15, 0.2) is 0 Å². The summed E-state index contributed by atoms with van der Waals surface area (Å²) in [5.74, 6) is 1.02. The summed E-state index contributed by atoms with van der Waals surface area (Å²) < 4.78 is 0. The van der Waals surface area contributed by atoms with Crippen LogP contribution in [0.3, 0.4) is 0 Å². The molecule has 0 aliphatic carbocycles. The van der Waals surface area contributed by atoms with Gasteiger partial charge in [0, 0.05) is 11.4 Å². The lowest BCUT2D eigenvalue weighted by molar-refractivity contribution is 0.114. The van der Waals surface area contributed by atoms with Crippen LogP contribution in [-0.2, 0) is 6.42 Å². The third kappa shape index (κ3) is 3.84. The van der Waals surface area contributed by atoms with E-state index in [1.54, 1.807) is 11.3 Å². The maximum Gasteiger partial charge on any atom is 0.225 e. The van der Waals surface area contributed by atoms with Crippen LogP contribution < -0.4 is 5.32 Å². The van der Waals surface area contributed by atoms with Crippen molar-refractivity contribution in [1.29, 1.82) is 0 Å². The van der Waals surface area contributed by atoms with E-state index in [2.05, 4.69) is 42.1 Å². The minimum atomic E-state index is -0.381. The Balaban J connectivity index is 2.19. The lowest BCUT2D eigenvalue weighted by atomic mass is 9.96. The van der Waals surface area contributed by atoms with Gasteiger partial charge in [0.05, 0.1) is 11.5 Å². The molecule has 0 aliphatic rings. The molecule has 0 saturated heterocycles. The summed E-state index contributed by atoms with van der Waals surface area (Å²) in [6.45, 7) is 6.79. The minimum Gasteiger partial charge on any atom is -0.391 e. The second-order valence-corrected chi connectivity index (χ2v) is 6.60. The Morgan fingerprint density at radius 3 is 2.62 bits per heavy atom. The fourth-order valence-electron chi connectivity index (χ4n) is 2.46. The molecule has 0 amide bonds. The number of anilines is 1. The molecule has 1 unspecified atom stereocenters. The van der Waals surface area contributed by atoms with Crippen molar-refractivity contribution in [3.8, 4) is 0 Å². The number of hydrogen-bond donors (Lipinski definition) is 2. The number of thiophene rings is 1. The Morgan fingerprint density at radius 1 is 1.29 bits per heavy atom. The molecule has 0 aromatic carbocycles. The highest BCUT2D eigenvalue weighted by atomic mass is 35.5. The van der Waals surface area contributed by atoms with E-state index in [9.17, 15) is 5.11 Å². The predicted molar refractivity (Wildman–Crippen MR) is 90.4 cm³/mol. The van der Waals surface area contributed by atoms with Gasteiger partial charge in [-0.3, -0.25) is 0 Å². The van der Waals surface area contributed by atoms with Crippen molar-refractivity contribution in [2.24, 2.45) is 5.92 Å². The van der Waals surface area contributed by atoms with Gasteiger partial charge in [-0.1, -0.05) is 33.6 Å². The highest BCUT2D eigenvalue weighted by Gasteiger charge is 2.17. The van der Waals surface area contributed by atoms with Gasteiger partial charge in [0.25, 0.3) is 0 Å². The number of fused-ring (bicyclic) bond motifs is 1. The summed E-state index contributed by atoms with van der Waals surface area (Å²) in [4.78, 5) is 10.7. The van der Waals surface area contributed by atoms with E-state index in [0.717, 1.165) is 29.5 Å². The molecule has 2 aromatic heterocycles. The maximum atomic E-state index is 10.2. The third-order valence-corrected chi connectivity index (χ3v) is 5.18. The van der Waals surface area contributed by atoms with Crippen LogP contribution >= 0.6 is 22.9 Å². The second kappa shape index (κ2) is 7.38. The summed E-state index contributed by atoms with van der Waals surface area (Å²) in [5, 5.41) is 14.7. The molecule has 0 bridgehead atoms. The quantitative estimate of drug-likeness (QED) is 0.751. The van der Waals surface area contributed by atoms with Crippen molar-refractivity contribution in [2.45, 2.75) is 46.1 Å². The molecule has 4 nitrogen and oxygen atoms in total. The fraction of sp³-hybridized carbons (Fsp3) is 0.600. The molecule has 2 heterocycles. The molecule has 2 aromatic rings. The van der Waals surface area contributed by atoms with Gasteiger partial charge >= 0.3 is 0 Å². The van der Waals surface area contributed by atoms with Gasteiger partial charge in [-0.15, -0.1) is 11.3 Å². The van der Waals surface area contributed by atoms with E-state index in [0.29, 0.717) is 18.3 Å². The molecule has 0 saturated carbocycles. The zero-order valence-corrected chi connectivity index (χ0v) is 14.3. The zero-order chi connectivity index (χ0) is 15.4. The highest BCUT2D eigenvalue weighted by molar-refractivity contribution is 7.18. The lowest BCUT2D eigenvalue weighted by Crippen LogP contribution is -2.28. The first-order chi connectivity index (χ1) is 10.1. The molecule has 116 valence electrons.